The predicted octanol–water partition coefficient (Wildman–Crippen LogP) is 3.43. The molecule has 0 saturated carbocycles. The van der Waals surface area contributed by atoms with Crippen molar-refractivity contribution in [3.05, 3.63) is 29.8 Å². The van der Waals surface area contributed by atoms with E-state index >= 15 is 0 Å². The molecule has 0 radical (unpaired) electrons. The number of amides is 1. The van der Waals surface area contributed by atoms with Gasteiger partial charge in [0.25, 0.3) is 5.91 Å². The number of carbonyl (C=O) groups excluding carboxylic acids is 1. The molecule has 1 aliphatic heterocycles. The maximum atomic E-state index is 13.0. The first kappa shape index (κ1) is 22.8. The van der Waals surface area contributed by atoms with Gasteiger partial charge in [0.15, 0.2) is 0 Å². The van der Waals surface area contributed by atoms with Crippen molar-refractivity contribution < 1.29 is 17.9 Å². The molecule has 1 aliphatic rings. The largest absolute Gasteiger partial charge is 0.373 e. The van der Waals surface area contributed by atoms with E-state index in [1.54, 1.807) is 18.2 Å². The van der Waals surface area contributed by atoms with Crippen LogP contribution in [0.4, 0.5) is 0 Å². The number of ether oxygens (including phenoxy) is 1. The first-order valence-electron chi connectivity index (χ1n) is 10.3. The molecule has 1 heterocycles. The van der Waals surface area contributed by atoms with Crippen LogP contribution in [-0.4, -0.2) is 50.5 Å². The summed E-state index contributed by atoms with van der Waals surface area (Å²) in [5.74, 6) is 0.225. The molecule has 7 heteroatoms. The van der Waals surface area contributed by atoms with Gasteiger partial charge in [-0.1, -0.05) is 39.2 Å². The summed E-state index contributed by atoms with van der Waals surface area (Å²) >= 11 is 0. The standard InChI is InChI=1S/C21H34N2O4S/c1-5-7-9-18(6-2)13-22-21(24)19-10-8-11-20(12-19)28(25,26)23-14-16(3)27-17(4)15-23/h8,10-12,16-18H,5-7,9,13-15H2,1-4H3,(H,22,24). The molecule has 0 bridgehead atoms. The van der Waals surface area contributed by atoms with Crippen LogP contribution in [0.1, 0.15) is 63.7 Å². The third-order valence-electron chi connectivity index (χ3n) is 5.21. The van der Waals surface area contributed by atoms with Gasteiger partial charge in [-0.2, -0.15) is 4.31 Å². The van der Waals surface area contributed by atoms with Gasteiger partial charge >= 0.3 is 0 Å². The summed E-state index contributed by atoms with van der Waals surface area (Å²) in [6.45, 7) is 9.27. The van der Waals surface area contributed by atoms with E-state index in [1.807, 2.05) is 13.8 Å². The Labute approximate surface area is 169 Å². The van der Waals surface area contributed by atoms with Crippen LogP contribution in [0.3, 0.4) is 0 Å². The van der Waals surface area contributed by atoms with E-state index in [0.29, 0.717) is 31.1 Å². The molecule has 3 atom stereocenters. The van der Waals surface area contributed by atoms with Crippen molar-refractivity contribution in [2.45, 2.75) is 70.5 Å². The summed E-state index contributed by atoms with van der Waals surface area (Å²) < 4.78 is 33.1. The average molecular weight is 411 g/mol. The fraction of sp³-hybridized carbons (Fsp3) is 0.667. The number of unbranched alkanes of at least 4 members (excludes halogenated alkanes) is 1. The first-order chi connectivity index (χ1) is 13.3. The van der Waals surface area contributed by atoms with E-state index in [2.05, 4.69) is 19.2 Å². The van der Waals surface area contributed by atoms with Gasteiger partial charge in [0.1, 0.15) is 0 Å². The lowest BCUT2D eigenvalue weighted by molar-refractivity contribution is -0.0440. The van der Waals surface area contributed by atoms with E-state index in [0.717, 1.165) is 25.7 Å². The van der Waals surface area contributed by atoms with E-state index in [-0.39, 0.29) is 23.0 Å². The van der Waals surface area contributed by atoms with Gasteiger partial charge in [-0.05, 0) is 44.4 Å². The number of hydrogen-bond acceptors (Lipinski definition) is 4. The molecular weight excluding hydrogens is 376 g/mol. The van der Waals surface area contributed by atoms with Crippen molar-refractivity contribution in [2.75, 3.05) is 19.6 Å². The van der Waals surface area contributed by atoms with E-state index < -0.39 is 10.0 Å². The quantitative estimate of drug-likeness (QED) is 0.677. The molecule has 158 valence electrons. The maximum Gasteiger partial charge on any atom is 0.251 e. The van der Waals surface area contributed by atoms with E-state index in [1.165, 1.54) is 10.4 Å². The van der Waals surface area contributed by atoms with E-state index in [9.17, 15) is 13.2 Å². The highest BCUT2D eigenvalue weighted by atomic mass is 32.2. The van der Waals surface area contributed by atoms with Gasteiger partial charge in [0.2, 0.25) is 10.0 Å². The molecule has 1 N–H and O–H groups in total. The Kier molecular flexibility index (Phi) is 8.46. The van der Waals surface area contributed by atoms with Crippen LogP contribution >= 0.6 is 0 Å². The number of hydrogen-bond donors (Lipinski definition) is 1. The van der Waals surface area contributed by atoms with Crippen molar-refractivity contribution in [1.29, 1.82) is 0 Å². The summed E-state index contributed by atoms with van der Waals surface area (Å²) in [5, 5.41) is 2.96. The van der Waals surface area contributed by atoms with Crippen molar-refractivity contribution in [2.24, 2.45) is 5.92 Å². The van der Waals surface area contributed by atoms with Crippen LogP contribution in [0.2, 0.25) is 0 Å². The highest BCUT2D eigenvalue weighted by molar-refractivity contribution is 7.89. The normalized spacial score (nSPS) is 22.0. The molecule has 0 spiro atoms. The van der Waals surface area contributed by atoms with Gasteiger partial charge in [-0.15, -0.1) is 0 Å². The smallest absolute Gasteiger partial charge is 0.251 e. The number of nitrogens with one attached hydrogen (secondary N) is 1. The Morgan fingerprint density at radius 3 is 2.54 bits per heavy atom. The van der Waals surface area contributed by atoms with Crippen molar-refractivity contribution in [1.82, 2.24) is 9.62 Å². The van der Waals surface area contributed by atoms with Crippen molar-refractivity contribution >= 4 is 15.9 Å². The fourth-order valence-electron chi connectivity index (χ4n) is 3.56. The molecule has 2 rings (SSSR count). The first-order valence-corrected chi connectivity index (χ1v) is 11.8. The topological polar surface area (TPSA) is 75.7 Å². The predicted molar refractivity (Wildman–Crippen MR) is 111 cm³/mol. The molecule has 1 aromatic rings. The highest BCUT2D eigenvalue weighted by Gasteiger charge is 2.32. The third-order valence-corrected chi connectivity index (χ3v) is 7.04. The summed E-state index contributed by atoms with van der Waals surface area (Å²) in [5.41, 5.74) is 0.376. The van der Waals surface area contributed by atoms with Gasteiger partial charge in [0, 0.05) is 25.2 Å². The zero-order valence-corrected chi connectivity index (χ0v) is 18.3. The second-order valence-corrected chi connectivity index (χ2v) is 9.67. The van der Waals surface area contributed by atoms with Crippen LogP contribution in [0.15, 0.2) is 29.2 Å². The number of rotatable bonds is 9. The summed E-state index contributed by atoms with van der Waals surface area (Å²) in [7, 11) is -3.66. The molecule has 1 aromatic carbocycles. The average Bonchev–Trinajstić information content (AvgIpc) is 2.67. The van der Waals surface area contributed by atoms with Crippen LogP contribution < -0.4 is 5.32 Å². The molecule has 3 unspecified atom stereocenters. The summed E-state index contributed by atoms with van der Waals surface area (Å²) in [6.07, 6.45) is 4.09. The van der Waals surface area contributed by atoms with Gasteiger partial charge in [-0.25, -0.2) is 8.42 Å². The van der Waals surface area contributed by atoms with Crippen LogP contribution in [0.5, 0.6) is 0 Å². The van der Waals surface area contributed by atoms with Crippen LogP contribution in [-0.2, 0) is 14.8 Å². The lowest BCUT2D eigenvalue weighted by atomic mass is 9.99. The molecule has 1 amide bonds. The Morgan fingerprint density at radius 1 is 1.25 bits per heavy atom. The minimum atomic E-state index is -3.66. The number of sulfonamides is 1. The molecular formula is C21H34N2O4S. The Hall–Kier alpha value is -1.44. The zero-order valence-electron chi connectivity index (χ0n) is 17.5. The molecule has 28 heavy (non-hydrogen) atoms. The van der Waals surface area contributed by atoms with Crippen molar-refractivity contribution in [3.8, 4) is 0 Å². The second kappa shape index (κ2) is 10.4. The number of morpholine rings is 1. The zero-order chi connectivity index (χ0) is 20.7. The fourth-order valence-corrected chi connectivity index (χ4v) is 5.19. The van der Waals surface area contributed by atoms with E-state index in [4.69, 9.17) is 4.74 Å². The number of benzene rings is 1. The molecule has 6 nitrogen and oxygen atoms in total. The monoisotopic (exact) mass is 410 g/mol. The Bertz CT molecular complexity index is 741. The number of carbonyl (C=O) groups is 1. The number of nitrogens with zero attached hydrogens (tertiary/aromatic N) is 1. The van der Waals surface area contributed by atoms with Gasteiger partial charge < -0.3 is 10.1 Å². The minimum absolute atomic E-state index is 0.152. The second-order valence-electron chi connectivity index (χ2n) is 7.73. The Morgan fingerprint density at radius 2 is 1.93 bits per heavy atom. The third kappa shape index (κ3) is 6.03. The maximum absolute atomic E-state index is 13.0. The molecule has 0 aliphatic carbocycles. The van der Waals surface area contributed by atoms with Crippen molar-refractivity contribution in [3.63, 3.8) is 0 Å². The summed E-state index contributed by atoms with van der Waals surface area (Å²) in [6, 6.07) is 6.31. The summed E-state index contributed by atoms with van der Waals surface area (Å²) in [4.78, 5) is 12.7. The molecule has 0 aromatic heterocycles. The van der Waals surface area contributed by atoms with Gasteiger partial charge in [0.05, 0.1) is 17.1 Å². The highest BCUT2D eigenvalue weighted by Crippen LogP contribution is 2.22. The molecule has 1 saturated heterocycles. The minimum Gasteiger partial charge on any atom is -0.373 e. The van der Waals surface area contributed by atoms with Crippen LogP contribution in [0.25, 0.3) is 0 Å². The Balaban J connectivity index is 2.09. The lowest BCUT2D eigenvalue weighted by Gasteiger charge is -2.34. The molecule has 1 fully saturated rings. The van der Waals surface area contributed by atoms with Crippen LogP contribution in [0, 0.1) is 5.92 Å². The SMILES string of the molecule is CCCCC(CC)CNC(=O)c1cccc(S(=O)(=O)N2CC(C)OC(C)C2)c1. The van der Waals surface area contributed by atoms with Gasteiger partial charge in [-0.3, -0.25) is 4.79 Å². The lowest BCUT2D eigenvalue weighted by Crippen LogP contribution is -2.48.